The van der Waals surface area contributed by atoms with E-state index in [-0.39, 0.29) is 11.0 Å². The van der Waals surface area contributed by atoms with Gasteiger partial charge in [0.05, 0.1) is 5.56 Å². The van der Waals surface area contributed by atoms with Crippen LogP contribution in [-0.4, -0.2) is 4.57 Å². The van der Waals surface area contributed by atoms with Crippen LogP contribution in [-0.2, 0) is 18.4 Å². The quantitative estimate of drug-likeness (QED) is 0.602. The van der Waals surface area contributed by atoms with Crippen molar-refractivity contribution < 1.29 is 0 Å². The zero-order chi connectivity index (χ0) is 18.4. The summed E-state index contributed by atoms with van der Waals surface area (Å²) in [6.07, 6.45) is 5.70. The second kappa shape index (κ2) is 6.23. The van der Waals surface area contributed by atoms with Gasteiger partial charge in [0.15, 0.2) is 0 Å². The Morgan fingerprint density at radius 3 is 2.15 bits per heavy atom. The second-order valence-electron chi connectivity index (χ2n) is 8.00. The highest BCUT2D eigenvalue weighted by Gasteiger charge is 2.44. The van der Waals surface area contributed by atoms with Crippen molar-refractivity contribution in [1.29, 1.82) is 0 Å². The van der Waals surface area contributed by atoms with Crippen molar-refractivity contribution in [1.82, 2.24) is 4.57 Å². The molecule has 2 heterocycles. The van der Waals surface area contributed by atoms with Crippen LogP contribution in [0.2, 0.25) is 0 Å². The number of aromatic nitrogens is 1. The van der Waals surface area contributed by atoms with Gasteiger partial charge in [0.25, 0.3) is 5.56 Å². The van der Waals surface area contributed by atoms with Gasteiger partial charge in [0, 0.05) is 17.7 Å². The van der Waals surface area contributed by atoms with E-state index in [9.17, 15) is 4.79 Å². The minimum atomic E-state index is 0.193. The third-order valence-corrected chi connectivity index (χ3v) is 6.76. The number of benzene rings is 2. The molecule has 1 unspecified atom stereocenters. The van der Waals surface area contributed by atoms with E-state index in [1.165, 1.54) is 35.2 Å². The molecular formula is C25H25NO. The fourth-order valence-electron chi connectivity index (χ4n) is 5.46. The molecule has 3 aromatic rings. The summed E-state index contributed by atoms with van der Waals surface area (Å²) in [5.41, 5.74) is 7.42. The van der Waals surface area contributed by atoms with Crippen LogP contribution in [0.5, 0.6) is 0 Å². The van der Waals surface area contributed by atoms with E-state index >= 15 is 0 Å². The number of nitrogens with zero attached hydrogens (tertiary/aromatic N) is 1. The summed E-state index contributed by atoms with van der Waals surface area (Å²) in [5, 5.41) is 0. The van der Waals surface area contributed by atoms with Crippen molar-refractivity contribution in [2.24, 2.45) is 0 Å². The van der Waals surface area contributed by atoms with Crippen molar-refractivity contribution in [3.63, 3.8) is 0 Å². The van der Waals surface area contributed by atoms with E-state index < -0.39 is 0 Å². The van der Waals surface area contributed by atoms with Crippen molar-refractivity contribution in [2.75, 3.05) is 0 Å². The Morgan fingerprint density at radius 1 is 0.889 bits per heavy atom. The molecule has 0 saturated carbocycles. The van der Waals surface area contributed by atoms with Gasteiger partial charge in [-0.1, -0.05) is 67.6 Å². The fraction of sp³-hybridized carbons (Fsp3) is 0.320. The first kappa shape index (κ1) is 16.6. The highest BCUT2D eigenvalue weighted by molar-refractivity contribution is 5.86. The normalized spacial score (nSPS) is 20.5. The van der Waals surface area contributed by atoms with E-state index in [4.69, 9.17) is 0 Å². The van der Waals surface area contributed by atoms with Gasteiger partial charge >= 0.3 is 0 Å². The van der Waals surface area contributed by atoms with Crippen LogP contribution in [0.25, 0.3) is 22.3 Å². The zero-order valence-electron chi connectivity index (χ0n) is 15.9. The Hall–Kier alpha value is -2.61. The van der Waals surface area contributed by atoms with Gasteiger partial charge in [0.1, 0.15) is 0 Å². The van der Waals surface area contributed by atoms with Crippen molar-refractivity contribution in [2.45, 2.75) is 51.0 Å². The molecule has 2 aromatic carbocycles. The molecule has 0 spiro atoms. The molecule has 0 saturated heterocycles. The SMILES string of the molecule is CCC12CCCn3c1c(c(-c1ccccc1)c(-c1ccccc1)c3=O)CC2. The van der Waals surface area contributed by atoms with E-state index in [0.29, 0.717) is 0 Å². The molecule has 2 aliphatic rings. The Balaban J connectivity index is 1.92. The number of pyridine rings is 1. The molecule has 0 bridgehead atoms. The monoisotopic (exact) mass is 355 g/mol. The van der Waals surface area contributed by atoms with Gasteiger partial charge in [-0.25, -0.2) is 0 Å². The van der Waals surface area contributed by atoms with Crippen LogP contribution in [0.4, 0.5) is 0 Å². The Kier molecular flexibility index (Phi) is 3.82. The minimum Gasteiger partial charge on any atom is -0.311 e. The molecule has 1 aromatic heterocycles. The second-order valence-corrected chi connectivity index (χ2v) is 8.00. The molecular weight excluding hydrogens is 330 g/mol. The number of hydrogen-bond donors (Lipinski definition) is 0. The van der Waals surface area contributed by atoms with Crippen LogP contribution in [0.15, 0.2) is 65.5 Å². The molecule has 1 aliphatic carbocycles. The maximum Gasteiger partial charge on any atom is 0.259 e. The van der Waals surface area contributed by atoms with Crippen molar-refractivity contribution in [3.8, 4) is 22.3 Å². The first-order valence-corrected chi connectivity index (χ1v) is 10.2. The van der Waals surface area contributed by atoms with Crippen LogP contribution < -0.4 is 5.56 Å². The summed E-state index contributed by atoms with van der Waals surface area (Å²) in [5.74, 6) is 0. The molecule has 136 valence electrons. The van der Waals surface area contributed by atoms with Gasteiger partial charge in [-0.05, 0) is 54.4 Å². The van der Waals surface area contributed by atoms with Gasteiger partial charge in [-0.2, -0.15) is 0 Å². The average Bonchev–Trinajstić information content (AvgIpc) is 3.12. The van der Waals surface area contributed by atoms with Gasteiger partial charge < -0.3 is 4.57 Å². The van der Waals surface area contributed by atoms with Crippen LogP contribution in [0.3, 0.4) is 0 Å². The lowest BCUT2D eigenvalue weighted by atomic mass is 9.75. The maximum atomic E-state index is 13.8. The van der Waals surface area contributed by atoms with Crippen molar-refractivity contribution in [3.05, 3.63) is 82.3 Å². The lowest BCUT2D eigenvalue weighted by molar-refractivity contribution is 0.297. The lowest BCUT2D eigenvalue weighted by Crippen LogP contribution is -2.38. The first-order valence-electron chi connectivity index (χ1n) is 10.2. The van der Waals surface area contributed by atoms with Crippen LogP contribution >= 0.6 is 0 Å². The molecule has 2 nitrogen and oxygen atoms in total. The Morgan fingerprint density at radius 2 is 1.52 bits per heavy atom. The molecule has 0 fully saturated rings. The summed E-state index contributed by atoms with van der Waals surface area (Å²) in [6, 6.07) is 20.8. The molecule has 1 aliphatic heterocycles. The largest absolute Gasteiger partial charge is 0.311 e. The first-order chi connectivity index (χ1) is 13.2. The van der Waals surface area contributed by atoms with Gasteiger partial charge in [-0.15, -0.1) is 0 Å². The Bertz CT molecular complexity index is 1050. The van der Waals surface area contributed by atoms with E-state index in [1.807, 2.05) is 24.3 Å². The maximum absolute atomic E-state index is 13.8. The average molecular weight is 355 g/mol. The highest BCUT2D eigenvalue weighted by Crippen LogP contribution is 2.50. The third-order valence-electron chi connectivity index (χ3n) is 6.76. The number of rotatable bonds is 3. The number of hydrogen-bond acceptors (Lipinski definition) is 1. The molecule has 27 heavy (non-hydrogen) atoms. The molecule has 5 rings (SSSR count). The topological polar surface area (TPSA) is 22.0 Å². The van der Waals surface area contributed by atoms with Gasteiger partial charge in [-0.3, -0.25) is 4.79 Å². The Labute approximate surface area is 160 Å². The van der Waals surface area contributed by atoms with E-state index in [2.05, 4.69) is 47.9 Å². The fourth-order valence-corrected chi connectivity index (χ4v) is 5.46. The predicted octanol–water partition coefficient (Wildman–Crippen LogP) is 5.57. The summed E-state index contributed by atoms with van der Waals surface area (Å²) in [4.78, 5) is 13.8. The molecule has 1 atom stereocenters. The van der Waals surface area contributed by atoms with Crippen LogP contribution in [0.1, 0.15) is 43.9 Å². The van der Waals surface area contributed by atoms with E-state index in [1.54, 1.807) is 0 Å². The highest BCUT2D eigenvalue weighted by atomic mass is 16.1. The summed E-state index contributed by atoms with van der Waals surface area (Å²) < 4.78 is 2.13. The van der Waals surface area contributed by atoms with Gasteiger partial charge in [0.2, 0.25) is 0 Å². The lowest BCUT2D eigenvalue weighted by Gasteiger charge is -2.36. The summed E-state index contributed by atoms with van der Waals surface area (Å²) >= 11 is 0. The molecule has 0 radical (unpaired) electrons. The standard InChI is InChI=1S/C25H25NO/c1-2-25-15-9-17-26-23(25)20(14-16-25)21(18-10-5-3-6-11-18)22(24(26)27)19-12-7-4-8-13-19/h3-8,10-13H,2,9,14-17H2,1H3. The molecule has 2 heteroatoms. The summed E-state index contributed by atoms with van der Waals surface area (Å²) in [7, 11) is 0. The molecule has 0 N–H and O–H groups in total. The third kappa shape index (κ3) is 2.36. The van der Waals surface area contributed by atoms with Crippen molar-refractivity contribution >= 4 is 0 Å². The smallest absolute Gasteiger partial charge is 0.259 e. The van der Waals surface area contributed by atoms with E-state index in [0.717, 1.165) is 36.9 Å². The predicted molar refractivity (Wildman–Crippen MR) is 111 cm³/mol. The summed E-state index contributed by atoms with van der Waals surface area (Å²) in [6.45, 7) is 3.15. The minimum absolute atomic E-state index is 0.193. The zero-order valence-corrected chi connectivity index (χ0v) is 15.9. The van der Waals surface area contributed by atoms with Crippen LogP contribution in [0, 0.1) is 0 Å². The molecule has 0 amide bonds.